The highest BCUT2D eigenvalue weighted by Gasteiger charge is 2.22. The van der Waals surface area contributed by atoms with Crippen LogP contribution in [0.5, 0.6) is 5.75 Å². The summed E-state index contributed by atoms with van der Waals surface area (Å²) in [5.41, 5.74) is 1.18. The maximum absolute atomic E-state index is 5.67. The summed E-state index contributed by atoms with van der Waals surface area (Å²) in [6.07, 6.45) is 3.72. The molecule has 1 fully saturated rings. The molecule has 4 heteroatoms. The predicted molar refractivity (Wildman–Crippen MR) is 76.0 cm³/mol. The van der Waals surface area contributed by atoms with Gasteiger partial charge in [0.2, 0.25) is 0 Å². The molecule has 1 heterocycles. The van der Waals surface area contributed by atoms with Gasteiger partial charge in [-0.05, 0) is 37.5 Å². The highest BCUT2D eigenvalue weighted by atomic mass is 79.9. The molecular formula is C13H16Br2O2. The van der Waals surface area contributed by atoms with Crippen LogP contribution >= 0.6 is 31.9 Å². The topological polar surface area (TPSA) is 18.5 Å². The zero-order chi connectivity index (χ0) is 12.3. The standard InChI is InChI=1S/C13H16Br2O2/c1-16-13-5-4-9(14)7-11(13)12(15)8-10-3-2-6-17-10/h4-5,7,10,12H,2-3,6,8H2,1H3. The first-order chi connectivity index (χ1) is 8.20. The monoisotopic (exact) mass is 362 g/mol. The van der Waals surface area contributed by atoms with Crippen LogP contribution in [0.15, 0.2) is 22.7 Å². The molecule has 2 atom stereocenters. The van der Waals surface area contributed by atoms with E-state index in [4.69, 9.17) is 9.47 Å². The Kier molecular flexibility index (Phi) is 4.88. The highest BCUT2D eigenvalue weighted by molar-refractivity contribution is 9.10. The Morgan fingerprint density at radius 3 is 3.00 bits per heavy atom. The molecule has 1 aliphatic rings. The van der Waals surface area contributed by atoms with E-state index in [0.29, 0.717) is 6.10 Å². The molecule has 17 heavy (non-hydrogen) atoms. The van der Waals surface area contributed by atoms with Crippen LogP contribution in [0.25, 0.3) is 0 Å². The lowest BCUT2D eigenvalue weighted by molar-refractivity contribution is 0.104. The number of ether oxygens (including phenoxy) is 2. The lowest BCUT2D eigenvalue weighted by Gasteiger charge is -2.17. The van der Waals surface area contributed by atoms with E-state index in [2.05, 4.69) is 37.9 Å². The van der Waals surface area contributed by atoms with E-state index in [1.807, 2.05) is 12.1 Å². The Bertz CT molecular complexity index is 376. The third kappa shape index (κ3) is 3.46. The molecule has 1 aromatic rings. The van der Waals surface area contributed by atoms with Gasteiger partial charge in [0.15, 0.2) is 0 Å². The summed E-state index contributed by atoms with van der Waals surface area (Å²) < 4.78 is 12.1. The van der Waals surface area contributed by atoms with Gasteiger partial charge in [0, 0.05) is 21.5 Å². The van der Waals surface area contributed by atoms with Crippen molar-refractivity contribution in [2.45, 2.75) is 30.2 Å². The minimum Gasteiger partial charge on any atom is -0.496 e. The molecule has 94 valence electrons. The van der Waals surface area contributed by atoms with Gasteiger partial charge in [-0.3, -0.25) is 0 Å². The molecule has 0 amide bonds. The third-order valence-electron chi connectivity index (χ3n) is 3.02. The predicted octanol–water partition coefficient (Wildman–Crippen LogP) is 4.46. The summed E-state index contributed by atoms with van der Waals surface area (Å²) >= 11 is 7.24. The third-order valence-corrected chi connectivity index (χ3v) is 4.38. The average molecular weight is 364 g/mol. The Labute approximate surface area is 119 Å². The van der Waals surface area contributed by atoms with E-state index in [-0.39, 0.29) is 4.83 Å². The number of benzene rings is 1. The summed E-state index contributed by atoms with van der Waals surface area (Å²) in [6, 6.07) is 6.09. The quantitative estimate of drug-likeness (QED) is 0.735. The number of hydrogen-bond donors (Lipinski definition) is 0. The molecule has 2 unspecified atom stereocenters. The summed E-state index contributed by atoms with van der Waals surface area (Å²) in [5, 5.41) is 0. The molecule has 0 aliphatic carbocycles. The van der Waals surface area contributed by atoms with E-state index in [1.54, 1.807) is 7.11 Å². The van der Waals surface area contributed by atoms with Crippen molar-refractivity contribution >= 4 is 31.9 Å². The maximum atomic E-state index is 5.67. The van der Waals surface area contributed by atoms with Crippen LogP contribution in [0.4, 0.5) is 0 Å². The minimum absolute atomic E-state index is 0.276. The van der Waals surface area contributed by atoms with Crippen LogP contribution in [0.1, 0.15) is 29.7 Å². The number of rotatable bonds is 4. The SMILES string of the molecule is COc1ccc(Br)cc1C(Br)CC1CCCO1. The maximum Gasteiger partial charge on any atom is 0.123 e. The zero-order valence-corrected chi connectivity index (χ0v) is 13.0. The van der Waals surface area contributed by atoms with Crippen molar-refractivity contribution < 1.29 is 9.47 Å². The first kappa shape index (κ1) is 13.4. The molecule has 2 rings (SSSR count). The molecule has 0 N–H and O–H groups in total. The zero-order valence-electron chi connectivity index (χ0n) is 9.79. The van der Waals surface area contributed by atoms with E-state index in [1.165, 1.54) is 18.4 Å². The molecule has 2 nitrogen and oxygen atoms in total. The van der Waals surface area contributed by atoms with Crippen LogP contribution in [-0.2, 0) is 4.74 Å². The van der Waals surface area contributed by atoms with Gasteiger partial charge in [0.1, 0.15) is 5.75 Å². The van der Waals surface area contributed by atoms with Gasteiger partial charge >= 0.3 is 0 Å². The molecule has 0 bridgehead atoms. The first-order valence-electron chi connectivity index (χ1n) is 5.80. The minimum atomic E-state index is 0.276. The fourth-order valence-electron chi connectivity index (χ4n) is 2.14. The largest absolute Gasteiger partial charge is 0.496 e. The second-order valence-corrected chi connectivity index (χ2v) is 6.25. The van der Waals surface area contributed by atoms with Crippen LogP contribution in [-0.4, -0.2) is 19.8 Å². The summed E-state index contributed by atoms with van der Waals surface area (Å²) in [7, 11) is 1.71. The lowest BCUT2D eigenvalue weighted by Crippen LogP contribution is -2.08. The lowest BCUT2D eigenvalue weighted by atomic mass is 10.0. The van der Waals surface area contributed by atoms with Gasteiger partial charge in [-0.2, -0.15) is 0 Å². The fraction of sp³-hybridized carbons (Fsp3) is 0.538. The summed E-state index contributed by atoms with van der Waals surface area (Å²) in [5.74, 6) is 0.924. The van der Waals surface area contributed by atoms with Gasteiger partial charge in [-0.15, -0.1) is 0 Å². The van der Waals surface area contributed by atoms with Gasteiger partial charge in [-0.1, -0.05) is 31.9 Å². The van der Waals surface area contributed by atoms with E-state index >= 15 is 0 Å². The summed E-state index contributed by atoms with van der Waals surface area (Å²) in [4.78, 5) is 0.276. The molecule has 0 radical (unpaired) electrons. The van der Waals surface area contributed by atoms with E-state index in [0.717, 1.165) is 23.2 Å². The number of methoxy groups -OCH3 is 1. The highest BCUT2D eigenvalue weighted by Crippen LogP contribution is 2.38. The van der Waals surface area contributed by atoms with Gasteiger partial charge in [0.25, 0.3) is 0 Å². The van der Waals surface area contributed by atoms with Crippen LogP contribution < -0.4 is 4.74 Å². The van der Waals surface area contributed by atoms with Crippen molar-refractivity contribution in [3.05, 3.63) is 28.2 Å². The first-order valence-corrected chi connectivity index (χ1v) is 7.50. The molecule has 1 saturated heterocycles. The fourth-order valence-corrected chi connectivity index (χ4v) is 3.29. The normalized spacial score (nSPS) is 21.5. The van der Waals surface area contributed by atoms with Gasteiger partial charge < -0.3 is 9.47 Å². The average Bonchev–Trinajstić information content (AvgIpc) is 2.81. The van der Waals surface area contributed by atoms with Crippen molar-refractivity contribution in [2.75, 3.05) is 13.7 Å². The van der Waals surface area contributed by atoms with Crippen molar-refractivity contribution in [2.24, 2.45) is 0 Å². The van der Waals surface area contributed by atoms with E-state index < -0.39 is 0 Å². The van der Waals surface area contributed by atoms with Crippen molar-refractivity contribution in [3.63, 3.8) is 0 Å². The molecule has 0 aromatic heterocycles. The van der Waals surface area contributed by atoms with Crippen LogP contribution in [0, 0.1) is 0 Å². The smallest absolute Gasteiger partial charge is 0.123 e. The van der Waals surface area contributed by atoms with Crippen LogP contribution in [0.2, 0.25) is 0 Å². The summed E-state index contributed by atoms with van der Waals surface area (Å²) in [6.45, 7) is 0.903. The Hall–Kier alpha value is -0.0600. The van der Waals surface area contributed by atoms with Gasteiger partial charge in [-0.25, -0.2) is 0 Å². The van der Waals surface area contributed by atoms with Gasteiger partial charge in [0.05, 0.1) is 13.2 Å². The second kappa shape index (κ2) is 6.21. The van der Waals surface area contributed by atoms with Crippen molar-refractivity contribution in [1.29, 1.82) is 0 Å². The molecule has 0 saturated carbocycles. The number of halogens is 2. The van der Waals surface area contributed by atoms with Crippen LogP contribution in [0.3, 0.4) is 0 Å². The Morgan fingerprint density at radius 1 is 1.53 bits per heavy atom. The molecule has 1 aromatic carbocycles. The number of alkyl halides is 1. The second-order valence-electron chi connectivity index (χ2n) is 4.22. The van der Waals surface area contributed by atoms with Crippen molar-refractivity contribution in [1.82, 2.24) is 0 Å². The molecular weight excluding hydrogens is 348 g/mol. The van der Waals surface area contributed by atoms with E-state index in [9.17, 15) is 0 Å². The Balaban J connectivity index is 2.11. The number of hydrogen-bond acceptors (Lipinski definition) is 2. The Morgan fingerprint density at radius 2 is 2.35 bits per heavy atom. The molecule has 0 spiro atoms. The van der Waals surface area contributed by atoms with Crippen molar-refractivity contribution in [3.8, 4) is 5.75 Å². The molecule has 1 aliphatic heterocycles.